The molecule has 1 aliphatic heterocycles. The third kappa shape index (κ3) is 4.48. The van der Waals surface area contributed by atoms with E-state index in [1.807, 2.05) is 0 Å². The van der Waals surface area contributed by atoms with Crippen molar-refractivity contribution in [3.63, 3.8) is 0 Å². The molecule has 27 heavy (non-hydrogen) atoms. The van der Waals surface area contributed by atoms with Gasteiger partial charge < -0.3 is 5.32 Å². The van der Waals surface area contributed by atoms with E-state index in [-0.39, 0.29) is 24.9 Å². The van der Waals surface area contributed by atoms with E-state index in [0.29, 0.717) is 30.8 Å². The Morgan fingerprint density at radius 3 is 2.67 bits per heavy atom. The minimum absolute atomic E-state index is 0.0350. The summed E-state index contributed by atoms with van der Waals surface area (Å²) in [5, 5.41) is 2.81. The maximum Gasteiger partial charge on any atom is 0.350 e. The molecular formula is C16H19F2N5O3S. The third-order valence-electron chi connectivity index (χ3n) is 4.49. The number of imidazole rings is 1. The van der Waals surface area contributed by atoms with Crippen LogP contribution in [0.15, 0.2) is 37.1 Å². The summed E-state index contributed by atoms with van der Waals surface area (Å²) in [5.41, 5.74) is 0.436. The molecule has 3 rings (SSSR count). The molecule has 1 N–H and O–H groups in total. The van der Waals surface area contributed by atoms with Gasteiger partial charge in [0.25, 0.3) is 15.9 Å². The lowest BCUT2D eigenvalue weighted by molar-refractivity contribution is 0.0941. The molecule has 2 aromatic rings. The molecule has 1 amide bonds. The molecule has 2 aromatic heterocycles. The number of hydrogen-bond acceptors (Lipinski definition) is 5. The first-order valence-electron chi connectivity index (χ1n) is 8.37. The van der Waals surface area contributed by atoms with Crippen molar-refractivity contribution in [2.45, 2.75) is 18.6 Å². The lowest BCUT2D eigenvalue weighted by Gasteiger charge is -2.30. The number of hydrogen-bond donors (Lipinski definition) is 1. The predicted molar refractivity (Wildman–Crippen MR) is 92.9 cm³/mol. The smallest absolute Gasteiger partial charge is 0.350 e. The second-order valence-corrected chi connectivity index (χ2v) is 8.13. The molecule has 8 nitrogen and oxygen atoms in total. The molecule has 0 unspecified atom stereocenters. The number of piperidine rings is 1. The summed E-state index contributed by atoms with van der Waals surface area (Å²) in [6.45, 7) is 0.421. The molecule has 0 spiro atoms. The Bertz CT molecular complexity index is 881. The van der Waals surface area contributed by atoms with Gasteiger partial charge in [-0.1, -0.05) is 0 Å². The average molecular weight is 399 g/mol. The molecule has 0 bridgehead atoms. The Hall–Kier alpha value is -2.40. The summed E-state index contributed by atoms with van der Waals surface area (Å²) < 4.78 is 50.6. The van der Waals surface area contributed by atoms with Crippen LogP contribution in [-0.2, 0) is 10.0 Å². The van der Waals surface area contributed by atoms with Crippen molar-refractivity contribution < 1.29 is 22.0 Å². The first kappa shape index (κ1) is 19.4. The van der Waals surface area contributed by atoms with Crippen LogP contribution >= 0.6 is 0 Å². The SMILES string of the molecule is O=C(NCC1CCN(S(=O)(=O)C(F)F)CC1)c1ccnc(-n2ccnc2)c1. The van der Waals surface area contributed by atoms with Crippen LogP contribution in [0, 0.1) is 5.92 Å². The molecule has 0 aliphatic carbocycles. The largest absolute Gasteiger partial charge is 0.352 e. The second kappa shape index (κ2) is 8.09. The molecule has 1 fully saturated rings. The Kier molecular flexibility index (Phi) is 5.80. The minimum atomic E-state index is -4.53. The fraction of sp³-hybridized carbons (Fsp3) is 0.438. The third-order valence-corrected chi connectivity index (χ3v) is 6.02. The maximum absolute atomic E-state index is 12.6. The minimum Gasteiger partial charge on any atom is -0.352 e. The molecule has 0 radical (unpaired) electrons. The molecule has 146 valence electrons. The van der Waals surface area contributed by atoms with Crippen molar-refractivity contribution in [1.82, 2.24) is 24.2 Å². The van der Waals surface area contributed by atoms with Crippen LogP contribution < -0.4 is 5.32 Å². The van der Waals surface area contributed by atoms with Gasteiger partial charge in [0.2, 0.25) is 0 Å². The van der Waals surface area contributed by atoms with Crippen LogP contribution in [-0.4, -0.2) is 58.6 Å². The summed E-state index contributed by atoms with van der Waals surface area (Å²) in [6.07, 6.45) is 7.26. The van der Waals surface area contributed by atoms with Gasteiger partial charge >= 0.3 is 5.76 Å². The zero-order valence-electron chi connectivity index (χ0n) is 14.3. The van der Waals surface area contributed by atoms with Crippen LogP contribution in [0.1, 0.15) is 23.2 Å². The van der Waals surface area contributed by atoms with Crippen molar-refractivity contribution >= 4 is 15.9 Å². The second-order valence-electron chi connectivity index (χ2n) is 6.23. The Labute approximate surface area is 155 Å². The monoisotopic (exact) mass is 399 g/mol. The van der Waals surface area contributed by atoms with Crippen molar-refractivity contribution in [2.75, 3.05) is 19.6 Å². The number of rotatable bonds is 6. The van der Waals surface area contributed by atoms with E-state index in [0.717, 1.165) is 4.31 Å². The van der Waals surface area contributed by atoms with Crippen LogP contribution in [0.2, 0.25) is 0 Å². The zero-order valence-corrected chi connectivity index (χ0v) is 15.1. The number of pyridine rings is 1. The van der Waals surface area contributed by atoms with E-state index in [1.165, 1.54) is 6.20 Å². The van der Waals surface area contributed by atoms with Gasteiger partial charge in [0.05, 0.1) is 0 Å². The van der Waals surface area contributed by atoms with E-state index in [9.17, 15) is 22.0 Å². The molecule has 1 saturated heterocycles. The van der Waals surface area contributed by atoms with Crippen molar-refractivity contribution in [3.05, 3.63) is 42.6 Å². The summed E-state index contributed by atoms with van der Waals surface area (Å²) >= 11 is 0. The van der Waals surface area contributed by atoms with E-state index < -0.39 is 15.8 Å². The Morgan fingerprint density at radius 2 is 2.04 bits per heavy atom. The summed E-state index contributed by atoms with van der Waals surface area (Å²) in [5.74, 6) is -3.08. The lowest BCUT2D eigenvalue weighted by atomic mass is 9.98. The normalized spacial score (nSPS) is 16.6. The summed E-state index contributed by atoms with van der Waals surface area (Å²) in [4.78, 5) is 20.5. The van der Waals surface area contributed by atoms with Gasteiger partial charge in [-0.3, -0.25) is 9.36 Å². The van der Waals surface area contributed by atoms with Gasteiger partial charge in [-0.15, -0.1) is 0 Å². The van der Waals surface area contributed by atoms with Crippen LogP contribution in [0.25, 0.3) is 5.82 Å². The van der Waals surface area contributed by atoms with Crippen LogP contribution in [0.4, 0.5) is 8.78 Å². The fourth-order valence-corrected chi connectivity index (χ4v) is 3.86. The van der Waals surface area contributed by atoms with Gasteiger partial charge in [0.15, 0.2) is 0 Å². The van der Waals surface area contributed by atoms with E-state index in [1.54, 1.807) is 35.4 Å². The highest BCUT2D eigenvalue weighted by Crippen LogP contribution is 2.22. The van der Waals surface area contributed by atoms with Crippen molar-refractivity contribution in [3.8, 4) is 5.82 Å². The number of halogens is 2. The number of aromatic nitrogens is 3. The standard InChI is InChI=1S/C16H19F2N5O3S/c17-16(18)27(25,26)23-6-2-12(3-7-23)10-21-15(24)13-1-4-20-14(9-13)22-8-5-19-11-22/h1,4-5,8-9,11-12,16H,2-3,6-7,10H2,(H,21,24). The first-order chi connectivity index (χ1) is 12.9. The van der Waals surface area contributed by atoms with Gasteiger partial charge in [-0.25, -0.2) is 18.4 Å². The summed E-state index contributed by atoms with van der Waals surface area (Å²) in [6, 6.07) is 3.22. The predicted octanol–water partition coefficient (Wildman–Crippen LogP) is 1.26. The number of carbonyl (C=O) groups is 1. The Balaban J connectivity index is 1.53. The van der Waals surface area contributed by atoms with Gasteiger partial charge in [-0.2, -0.15) is 13.1 Å². The molecule has 3 heterocycles. The quantitative estimate of drug-likeness (QED) is 0.789. The van der Waals surface area contributed by atoms with Gasteiger partial charge in [-0.05, 0) is 30.9 Å². The Morgan fingerprint density at radius 1 is 1.30 bits per heavy atom. The fourth-order valence-electron chi connectivity index (χ4n) is 2.92. The highest BCUT2D eigenvalue weighted by atomic mass is 32.2. The maximum atomic E-state index is 12.6. The molecule has 0 aromatic carbocycles. The number of alkyl halides is 2. The average Bonchev–Trinajstić information content (AvgIpc) is 3.21. The molecular weight excluding hydrogens is 380 g/mol. The number of nitrogens with zero attached hydrogens (tertiary/aromatic N) is 4. The van der Waals surface area contributed by atoms with E-state index in [2.05, 4.69) is 15.3 Å². The van der Waals surface area contributed by atoms with Gasteiger partial charge in [0, 0.05) is 43.8 Å². The van der Waals surface area contributed by atoms with E-state index >= 15 is 0 Å². The number of sulfonamides is 1. The lowest BCUT2D eigenvalue weighted by Crippen LogP contribution is -2.43. The number of nitrogens with one attached hydrogen (secondary N) is 1. The highest BCUT2D eigenvalue weighted by molar-refractivity contribution is 7.89. The molecule has 1 aliphatic rings. The van der Waals surface area contributed by atoms with Crippen molar-refractivity contribution in [1.29, 1.82) is 0 Å². The summed E-state index contributed by atoms with van der Waals surface area (Å²) in [7, 11) is -4.53. The number of amides is 1. The van der Waals surface area contributed by atoms with Crippen LogP contribution in [0.3, 0.4) is 0 Å². The zero-order chi connectivity index (χ0) is 19.4. The van der Waals surface area contributed by atoms with Crippen LogP contribution in [0.5, 0.6) is 0 Å². The first-order valence-corrected chi connectivity index (χ1v) is 9.88. The highest BCUT2D eigenvalue weighted by Gasteiger charge is 2.34. The van der Waals surface area contributed by atoms with E-state index in [4.69, 9.17) is 0 Å². The van der Waals surface area contributed by atoms with Gasteiger partial charge in [0.1, 0.15) is 12.1 Å². The molecule has 11 heteroatoms. The molecule has 0 atom stereocenters. The topological polar surface area (TPSA) is 97.2 Å². The van der Waals surface area contributed by atoms with Crippen molar-refractivity contribution in [2.24, 2.45) is 5.92 Å². The molecule has 0 saturated carbocycles. The number of carbonyl (C=O) groups excluding carboxylic acids is 1.